The van der Waals surface area contributed by atoms with Crippen LogP contribution in [0.4, 0.5) is 23.5 Å². The fourth-order valence-corrected chi connectivity index (χ4v) is 2.93. The summed E-state index contributed by atoms with van der Waals surface area (Å²) in [5, 5.41) is 2.93. The highest BCUT2D eigenvalue weighted by Gasteiger charge is 2.13. The van der Waals surface area contributed by atoms with Gasteiger partial charge in [0.2, 0.25) is 11.8 Å². The molecule has 1 N–H and O–H groups in total. The van der Waals surface area contributed by atoms with Crippen molar-refractivity contribution in [2.45, 2.75) is 26.8 Å². The minimum absolute atomic E-state index is 0.00594. The Morgan fingerprint density at radius 1 is 1.28 bits per heavy atom. The lowest BCUT2D eigenvalue weighted by molar-refractivity contribution is 0.512. The highest BCUT2D eigenvalue weighted by atomic mass is 31.0. The van der Waals surface area contributed by atoms with Crippen LogP contribution in [0.3, 0.4) is 0 Å². The maximum absolute atomic E-state index is 13.8. The number of hydrogen-bond donors (Lipinski definition) is 1. The monoisotopic (exact) mass is 425 g/mol. The van der Waals surface area contributed by atoms with Crippen molar-refractivity contribution in [1.29, 1.82) is 0 Å². The van der Waals surface area contributed by atoms with Crippen LogP contribution in [0.5, 0.6) is 0 Å². The van der Waals surface area contributed by atoms with E-state index in [-0.39, 0.29) is 17.8 Å². The molecule has 154 valence electrons. The molecule has 0 aliphatic rings. The Labute approximate surface area is 167 Å². The van der Waals surface area contributed by atoms with Crippen LogP contribution < -0.4 is 16.2 Å². The van der Waals surface area contributed by atoms with Crippen LogP contribution >= 0.6 is 9.24 Å². The molecular weight excluding hydrogens is 405 g/mol. The van der Waals surface area contributed by atoms with Crippen molar-refractivity contribution in [2.75, 3.05) is 5.32 Å². The zero-order valence-corrected chi connectivity index (χ0v) is 17.1. The Bertz CT molecular complexity index is 1040. The van der Waals surface area contributed by atoms with Crippen LogP contribution in [0, 0.1) is 17.5 Å². The molecule has 4 nitrogen and oxygen atoms in total. The highest BCUT2D eigenvalue weighted by molar-refractivity contribution is 7.27. The molecule has 1 unspecified atom stereocenters. The molecule has 9 heteroatoms. The van der Waals surface area contributed by atoms with E-state index < -0.39 is 28.8 Å². The van der Waals surface area contributed by atoms with Gasteiger partial charge in [-0.2, -0.15) is 9.37 Å². The van der Waals surface area contributed by atoms with Gasteiger partial charge in [-0.05, 0) is 48.8 Å². The normalized spacial score (nSPS) is 12.2. The number of aromatic nitrogens is 2. The predicted molar refractivity (Wildman–Crippen MR) is 109 cm³/mol. The van der Waals surface area contributed by atoms with E-state index in [0.29, 0.717) is 23.3 Å². The van der Waals surface area contributed by atoms with Crippen LogP contribution in [-0.4, -0.2) is 9.55 Å². The molecule has 1 aromatic heterocycles. The van der Waals surface area contributed by atoms with Gasteiger partial charge in [-0.15, -0.1) is 9.24 Å². The van der Waals surface area contributed by atoms with Crippen molar-refractivity contribution in [2.24, 2.45) is 0 Å². The molecule has 0 aliphatic carbocycles. The minimum Gasteiger partial charge on any atom is -0.329 e. The first-order valence-electron chi connectivity index (χ1n) is 8.61. The molecule has 0 saturated heterocycles. The molecule has 1 heterocycles. The summed E-state index contributed by atoms with van der Waals surface area (Å²) < 4.78 is 55.2. The molecule has 29 heavy (non-hydrogen) atoms. The molecule has 2 rings (SSSR count). The molecule has 0 bridgehead atoms. The molecule has 0 saturated carbocycles. The van der Waals surface area contributed by atoms with Gasteiger partial charge in [-0.3, -0.25) is 4.79 Å². The van der Waals surface area contributed by atoms with Crippen molar-refractivity contribution in [3.05, 3.63) is 87.5 Å². The Morgan fingerprint density at radius 3 is 2.55 bits per heavy atom. The summed E-state index contributed by atoms with van der Waals surface area (Å²) >= 11 is 0. The van der Waals surface area contributed by atoms with Gasteiger partial charge in [0.15, 0.2) is 11.6 Å². The zero-order chi connectivity index (χ0) is 21.7. The van der Waals surface area contributed by atoms with Crippen LogP contribution in [0.1, 0.15) is 25.8 Å². The van der Waals surface area contributed by atoms with Gasteiger partial charge in [-0.1, -0.05) is 13.5 Å². The van der Waals surface area contributed by atoms with Crippen molar-refractivity contribution in [3.63, 3.8) is 0 Å². The summed E-state index contributed by atoms with van der Waals surface area (Å²) in [7, 11) is 2.08. The van der Waals surface area contributed by atoms with Gasteiger partial charge >= 0.3 is 5.56 Å². The van der Waals surface area contributed by atoms with Crippen LogP contribution in [-0.2, 0) is 6.54 Å². The summed E-state index contributed by atoms with van der Waals surface area (Å²) in [5.41, 5.74) is 0.407. The maximum atomic E-state index is 13.8. The molecule has 0 radical (unpaired) electrons. The number of nitrogens with zero attached hydrogens (tertiary/aromatic N) is 2. The van der Waals surface area contributed by atoms with Gasteiger partial charge in [0.05, 0.1) is 6.54 Å². The number of allylic oxidation sites excluding steroid dienone is 5. The molecule has 2 aromatic rings. The zero-order valence-electron chi connectivity index (χ0n) is 15.9. The van der Waals surface area contributed by atoms with E-state index in [1.165, 1.54) is 16.7 Å². The Kier molecular flexibility index (Phi) is 7.51. The Balaban J connectivity index is 2.45. The lowest BCUT2D eigenvalue weighted by atomic mass is 10.2. The standard InChI is InChI=1S/C20H20F4N3OP/c1-4-14(6-11(2)5-12(3)21)25-20-26-19(28)16(23)10-27(20)9-13-7-15(22)18(24)17(29)8-13/h5-8,10H,3-4,9,29H2,1-2H3,(H,25,26,28)/b11-5-,14-6+. The fraction of sp³-hybridized carbons (Fsp3) is 0.200. The molecule has 1 aromatic carbocycles. The van der Waals surface area contributed by atoms with Crippen molar-refractivity contribution in [1.82, 2.24) is 9.55 Å². The predicted octanol–water partition coefficient (Wildman–Crippen LogP) is 4.34. The second-order valence-electron chi connectivity index (χ2n) is 6.31. The van der Waals surface area contributed by atoms with Crippen LogP contribution in [0.15, 0.2) is 59.0 Å². The lowest BCUT2D eigenvalue weighted by Crippen LogP contribution is -2.21. The highest BCUT2D eigenvalue weighted by Crippen LogP contribution is 2.16. The van der Waals surface area contributed by atoms with Gasteiger partial charge in [-0.25, -0.2) is 13.2 Å². The SMILES string of the molecule is C=C(F)/C=C(C)\C=C(/CC)Nc1nc(=O)c(F)cn1Cc1cc(F)c(F)c(P)c1. The summed E-state index contributed by atoms with van der Waals surface area (Å²) in [6.45, 7) is 6.57. The minimum atomic E-state index is -1.09. The van der Waals surface area contributed by atoms with Gasteiger partial charge < -0.3 is 9.88 Å². The number of rotatable bonds is 7. The van der Waals surface area contributed by atoms with E-state index in [9.17, 15) is 22.4 Å². The quantitative estimate of drug-likeness (QED) is 0.408. The molecule has 0 amide bonds. The molecule has 0 fully saturated rings. The third kappa shape index (κ3) is 6.12. The first-order valence-corrected chi connectivity index (χ1v) is 9.19. The van der Waals surface area contributed by atoms with Gasteiger partial charge in [0.25, 0.3) is 0 Å². The summed E-state index contributed by atoms with van der Waals surface area (Å²) in [4.78, 5) is 15.4. The average molecular weight is 425 g/mol. The van der Waals surface area contributed by atoms with Crippen LogP contribution in [0.25, 0.3) is 0 Å². The van der Waals surface area contributed by atoms with E-state index >= 15 is 0 Å². The Hall–Kier alpha value is -2.73. The number of anilines is 1. The summed E-state index contributed by atoms with van der Waals surface area (Å²) in [5.74, 6) is -3.73. The van der Waals surface area contributed by atoms with E-state index in [0.717, 1.165) is 12.3 Å². The number of halogens is 4. The third-order valence-electron chi connectivity index (χ3n) is 3.86. The van der Waals surface area contributed by atoms with Crippen molar-refractivity contribution >= 4 is 20.5 Å². The number of benzene rings is 1. The molecule has 0 aliphatic heterocycles. The summed E-state index contributed by atoms with van der Waals surface area (Å²) in [6, 6.07) is 2.37. The van der Waals surface area contributed by atoms with Crippen LogP contribution in [0.2, 0.25) is 0 Å². The summed E-state index contributed by atoms with van der Waals surface area (Å²) in [6.07, 6.45) is 4.26. The van der Waals surface area contributed by atoms with Gasteiger partial charge in [0.1, 0.15) is 5.83 Å². The van der Waals surface area contributed by atoms with Crippen molar-refractivity contribution in [3.8, 4) is 0 Å². The number of hydrogen-bond acceptors (Lipinski definition) is 3. The fourth-order valence-electron chi connectivity index (χ4n) is 2.58. The smallest absolute Gasteiger partial charge is 0.310 e. The first kappa shape index (κ1) is 22.6. The van der Waals surface area contributed by atoms with Crippen molar-refractivity contribution < 1.29 is 17.6 Å². The lowest BCUT2D eigenvalue weighted by Gasteiger charge is -2.16. The van der Waals surface area contributed by atoms with E-state index in [1.807, 2.05) is 6.92 Å². The molecule has 1 atom stereocenters. The van der Waals surface area contributed by atoms with Gasteiger partial charge in [0, 0.05) is 17.2 Å². The second-order valence-corrected chi connectivity index (χ2v) is 6.93. The largest absolute Gasteiger partial charge is 0.329 e. The average Bonchev–Trinajstić information content (AvgIpc) is 2.62. The Morgan fingerprint density at radius 2 is 1.97 bits per heavy atom. The molecule has 0 spiro atoms. The first-order chi connectivity index (χ1) is 13.6. The topological polar surface area (TPSA) is 46.9 Å². The number of nitrogens with one attached hydrogen (secondary N) is 1. The van der Waals surface area contributed by atoms with E-state index in [1.54, 1.807) is 13.0 Å². The maximum Gasteiger partial charge on any atom is 0.310 e. The molecular formula is C20H20F4N3OP. The van der Waals surface area contributed by atoms with E-state index in [4.69, 9.17) is 0 Å². The second kappa shape index (κ2) is 9.65. The van der Waals surface area contributed by atoms with E-state index in [2.05, 4.69) is 26.1 Å². The third-order valence-corrected chi connectivity index (χ3v) is 4.28.